The third-order valence-corrected chi connectivity index (χ3v) is 3.88. The summed E-state index contributed by atoms with van der Waals surface area (Å²) in [7, 11) is 0. The lowest BCUT2D eigenvalue weighted by atomic mass is 10.1. The second-order valence-electron chi connectivity index (χ2n) is 5.63. The van der Waals surface area contributed by atoms with E-state index in [2.05, 4.69) is 15.3 Å². The minimum absolute atomic E-state index is 0.249. The molecule has 1 fully saturated rings. The molecule has 1 unspecified atom stereocenters. The van der Waals surface area contributed by atoms with E-state index in [9.17, 15) is 0 Å². The number of ether oxygens (including phenoxy) is 1. The van der Waals surface area contributed by atoms with Gasteiger partial charge in [0.1, 0.15) is 5.75 Å². The van der Waals surface area contributed by atoms with Gasteiger partial charge in [-0.2, -0.15) is 0 Å². The Morgan fingerprint density at radius 3 is 2.68 bits per heavy atom. The van der Waals surface area contributed by atoms with E-state index in [-0.39, 0.29) is 6.61 Å². The van der Waals surface area contributed by atoms with Gasteiger partial charge in [0, 0.05) is 31.6 Å². The molecule has 0 bridgehead atoms. The van der Waals surface area contributed by atoms with Crippen molar-refractivity contribution in [3.05, 3.63) is 48.4 Å². The molecule has 1 aromatic heterocycles. The average Bonchev–Trinajstić information content (AvgIpc) is 3.39. The van der Waals surface area contributed by atoms with E-state index < -0.39 is 0 Å². The Morgan fingerprint density at radius 1 is 1.23 bits per heavy atom. The van der Waals surface area contributed by atoms with Crippen molar-refractivity contribution in [1.82, 2.24) is 15.3 Å². The zero-order chi connectivity index (χ0) is 15.2. The second kappa shape index (κ2) is 7.33. The highest BCUT2D eigenvalue weighted by Gasteiger charge is 2.30. The van der Waals surface area contributed by atoms with Crippen molar-refractivity contribution >= 4 is 0 Å². The maximum Gasteiger partial charge on any atom is 0.237 e. The molecule has 0 amide bonds. The Labute approximate surface area is 130 Å². The molecule has 5 nitrogen and oxygen atoms in total. The van der Waals surface area contributed by atoms with Crippen LogP contribution in [-0.2, 0) is 6.54 Å². The standard InChI is InChI=1S/C17H21N3O2/c21-10-7-16(14-3-4-14)20-11-13-1-5-15(6-2-13)22-17-12-18-8-9-19-17/h1-2,5-6,8-9,12,14,16,20-21H,3-4,7,10-11H2. The van der Waals surface area contributed by atoms with Gasteiger partial charge in [-0.3, -0.25) is 4.98 Å². The zero-order valence-electron chi connectivity index (χ0n) is 12.5. The van der Waals surface area contributed by atoms with Crippen molar-refractivity contribution in [3.8, 4) is 11.6 Å². The summed E-state index contributed by atoms with van der Waals surface area (Å²) in [5.41, 5.74) is 1.20. The number of hydrogen-bond donors (Lipinski definition) is 2. The van der Waals surface area contributed by atoms with Crippen molar-refractivity contribution < 1.29 is 9.84 Å². The molecule has 0 spiro atoms. The van der Waals surface area contributed by atoms with Crippen LogP contribution in [0.3, 0.4) is 0 Å². The molecule has 0 radical (unpaired) electrons. The van der Waals surface area contributed by atoms with Crippen LogP contribution in [0.5, 0.6) is 11.6 Å². The van der Waals surface area contributed by atoms with Crippen LogP contribution in [0.2, 0.25) is 0 Å². The normalized spacial score (nSPS) is 15.5. The molecule has 116 valence electrons. The van der Waals surface area contributed by atoms with Crippen LogP contribution in [0.4, 0.5) is 0 Å². The molecule has 1 aliphatic rings. The van der Waals surface area contributed by atoms with Crippen molar-refractivity contribution in [1.29, 1.82) is 0 Å². The molecule has 22 heavy (non-hydrogen) atoms. The molecule has 1 atom stereocenters. The quantitative estimate of drug-likeness (QED) is 0.784. The summed E-state index contributed by atoms with van der Waals surface area (Å²) in [4.78, 5) is 8.05. The number of aliphatic hydroxyl groups excluding tert-OH is 1. The number of rotatable bonds is 8. The smallest absolute Gasteiger partial charge is 0.237 e. The molecule has 1 aliphatic carbocycles. The van der Waals surface area contributed by atoms with Crippen molar-refractivity contribution in [2.24, 2.45) is 5.92 Å². The first kappa shape index (κ1) is 14.9. The van der Waals surface area contributed by atoms with E-state index >= 15 is 0 Å². The summed E-state index contributed by atoms with van der Waals surface area (Å²) in [6.07, 6.45) is 8.20. The molecule has 1 aromatic carbocycles. The number of aliphatic hydroxyl groups is 1. The summed E-state index contributed by atoms with van der Waals surface area (Å²) < 4.78 is 5.62. The highest BCUT2D eigenvalue weighted by Crippen LogP contribution is 2.34. The van der Waals surface area contributed by atoms with Gasteiger partial charge in [-0.15, -0.1) is 0 Å². The van der Waals surface area contributed by atoms with E-state index in [0.717, 1.165) is 24.6 Å². The van der Waals surface area contributed by atoms with E-state index in [0.29, 0.717) is 11.9 Å². The van der Waals surface area contributed by atoms with Crippen molar-refractivity contribution in [2.75, 3.05) is 6.61 Å². The van der Waals surface area contributed by atoms with Crippen molar-refractivity contribution in [3.63, 3.8) is 0 Å². The topological polar surface area (TPSA) is 67.3 Å². The number of nitrogens with one attached hydrogen (secondary N) is 1. The summed E-state index contributed by atoms with van der Waals surface area (Å²) in [6.45, 7) is 1.06. The predicted octanol–water partition coefficient (Wildman–Crippen LogP) is 2.52. The highest BCUT2D eigenvalue weighted by molar-refractivity contribution is 5.29. The summed E-state index contributed by atoms with van der Waals surface area (Å²) >= 11 is 0. The molecule has 2 N–H and O–H groups in total. The molecule has 5 heteroatoms. The lowest BCUT2D eigenvalue weighted by Crippen LogP contribution is -2.31. The van der Waals surface area contributed by atoms with Crippen LogP contribution in [-0.4, -0.2) is 27.7 Å². The number of hydrogen-bond acceptors (Lipinski definition) is 5. The first-order valence-electron chi connectivity index (χ1n) is 7.72. The molecular weight excluding hydrogens is 278 g/mol. The second-order valence-corrected chi connectivity index (χ2v) is 5.63. The van der Waals surface area contributed by atoms with Gasteiger partial charge >= 0.3 is 0 Å². The fraction of sp³-hybridized carbons (Fsp3) is 0.412. The highest BCUT2D eigenvalue weighted by atomic mass is 16.5. The van der Waals surface area contributed by atoms with Gasteiger partial charge < -0.3 is 15.2 Å². The van der Waals surface area contributed by atoms with Gasteiger partial charge in [0.15, 0.2) is 0 Å². The SMILES string of the molecule is OCCC(NCc1ccc(Oc2cnccn2)cc1)C1CC1. The molecule has 0 aliphatic heterocycles. The Morgan fingerprint density at radius 2 is 2.05 bits per heavy atom. The van der Waals surface area contributed by atoms with Crippen LogP contribution in [0.25, 0.3) is 0 Å². The first-order chi connectivity index (χ1) is 10.8. The van der Waals surface area contributed by atoms with E-state index in [1.165, 1.54) is 18.4 Å². The zero-order valence-corrected chi connectivity index (χ0v) is 12.5. The predicted molar refractivity (Wildman–Crippen MR) is 83.6 cm³/mol. The van der Waals surface area contributed by atoms with Crippen LogP contribution in [0, 0.1) is 5.92 Å². The minimum atomic E-state index is 0.249. The maximum atomic E-state index is 9.12. The molecular formula is C17H21N3O2. The molecule has 1 saturated carbocycles. The largest absolute Gasteiger partial charge is 0.438 e. The van der Waals surface area contributed by atoms with Crippen LogP contribution >= 0.6 is 0 Å². The van der Waals surface area contributed by atoms with Gasteiger partial charge in [-0.25, -0.2) is 4.98 Å². The van der Waals surface area contributed by atoms with E-state index in [1.54, 1.807) is 18.6 Å². The van der Waals surface area contributed by atoms with Crippen LogP contribution in [0.15, 0.2) is 42.9 Å². The minimum Gasteiger partial charge on any atom is -0.438 e. The van der Waals surface area contributed by atoms with Gasteiger partial charge in [0.05, 0.1) is 6.20 Å². The molecule has 2 aromatic rings. The molecule has 3 rings (SSSR count). The monoisotopic (exact) mass is 299 g/mol. The van der Waals surface area contributed by atoms with E-state index in [4.69, 9.17) is 9.84 Å². The lowest BCUT2D eigenvalue weighted by Gasteiger charge is -2.17. The molecule has 0 saturated heterocycles. The third-order valence-electron chi connectivity index (χ3n) is 3.88. The van der Waals surface area contributed by atoms with E-state index in [1.807, 2.05) is 24.3 Å². The summed E-state index contributed by atoms with van der Waals surface area (Å²) in [6, 6.07) is 8.39. The fourth-order valence-electron chi connectivity index (χ4n) is 2.53. The Hall–Kier alpha value is -1.98. The van der Waals surface area contributed by atoms with Crippen molar-refractivity contribution in [2.45, 2.75) is 31.8 Å². The Bertz CT molecular complexity index is 570. The van der Waals surface area contributed by atoms with Crippen LogP contribution in [0.1, 0.15) is 24.8 Å². The summed E-state index contributed by atoms with van der Waals surface area (Å²) in [5, 5.41) is 12.7. The average molecular weight is 299 g/mol. The van der Waals surface area contributed by atoms with Gasteiger partial charge in [-0.05, 0) is 42.9 Å². The van der Waals surface area contributed by atoms with Gasteiger partial charge in [-0.1, -0.05) is 12.1 Å². The van der Waals surface area contributed by atoms with Gasteiger partial charge in [0.2, 0.25) is 5.88 Å². The summed E-state index contributed by atoms with van der Waals surface area (Å²) in [5.74, 6) is 1.98. The number of benzene rings is 1. The third kappa shape index (κ3) is 4.26. The number of nitrogens with zero attached hydrogens (tertiary/aromatic N) is 2. The maximum absolute atomic E-state index is 9.12. The Kier molecular flexibility index (Phi) is 4.98. The first-order valence-corrected chi connectivity index (χ1v) is 7.72. The lowest BCUT2D eigenvalue weighted by molar-refractivity contribution is 0.256. The number of aromatic nitrogens is 2. The van der Waals surface area contributed by atoms with Gasteiger partial charge in [0.25, 0.3) is 0 Å². The molecule has 1 heterocycles. The Balaban J connectivity index is 1.52. The fourth-order valence-corrected chi connectivity index (χ4v) is 2.53. The van der Waals surface area contributed by atoms with Crippen LogP contribution < -0.4 is 10.1 Å².